The Morgan fingerprint density at radius 3 is 2.56 bits per heavy atom. The molecule has 0 aromatic heterocycles. The van der Waals surface area contributed by atoms with Gasteiger partial charge in [0.2, 0.25) is 0 Å². The molecule has 2 aliphatic rings. The first kappa shape index (κ1) is 9.85. The monoisotopic (exact) mass is 217 g/mol. The van der Waals surface area contributed by atoms with Crippen molar-refractivity contribution in [2.45, 2.75) is 19.3 Å². The van der Waals surface area contributed by atoms with E-state index in [-0.39, 0.29) is 5.97 Å². The molecule has 1 aromatic rings. The van der Waals surface area contributed by atoms with Crippen LogP contribution >= 0.6 is 0 Å². The van der Waals surface area contributed by atoms with Crippen molar-refractivity contribution in [1.82, 2.24) is 5.06 Å². The van der Waals surface area contributed by atoms with Gasteiger partial charge in [0.15, 0.2) is 0 Å². The van der Waals surface area contributed by atoms with Crippen molar-refractivity contribution in [2.75, 3.05) is 13.1 Å². The first-order chi connectivity index (χ1) is 7.77. The predicted octanol–water partition coefficient (Wildman–Crippen LogP) is 2.24. The molecule has 3 heteroatoms. The van der Waals surface area contributed by atoms with E-state index >= 15 is 0 Å². The first-order valence-corrected chi connectivity index (χ1v) is 5.80. The lowest BCUT2D eigenvalue weighted by Crippen LogP contribution is -2.25. The average Bonchev–Trinajstić information content (AvgIpc) is 2.95. The Hall–Kier alpha value is -1.35. The number of rotatable bonds is 2. The normalized spacial score (nSPS) is 22.2. The van der Waals surface area contributed by atoms with Gasteiger partial charge < -0.3 is 4.84 Å². The summed E-state index contributed by atoms with van der Waals surface area (Å²) in [6.07, 6.45) is 3.77. The van der Waals surface area contributed by atoms with Crippen LogP contribution in [0, 0.1) is 5.41 Å². The minimum Gasteiger partial charge on any atom is -0.364 e. The number of carbonyl (C=O) groups is 1. The van der Waals surface area contributed by atoms with Gasteiger partial charge in [-0.3, -0.25) is 0 Å². The van der Waals surface area contributed by atoms with Gasteiger partial charge in [0.1, 0.15) is 0 Å². The molecule has 1 heterocycles. The largest absolute Gasteiger partial charge is 0.364 e. The molecule has 1 saturated heterocycles. The van der Waals surface area contributed by atoms with E-state index < -0.39 is 0 Å². The Kier molecular flexibility index (Phi) is 2.21. The minimum absolute atomic E-state index is 0.238. The molecule has 3 nitrogen and oxygen atoms in total. The Balaban J connectivity index is 1.61. The standard InChI is InChI=1S/C13H15NO2/c15-12(11-4-2-1-3-5-11)16-14-9-8-13(10-14)6-7-13/h1-5H,6-10H2. The van der Waals surface area contributed by atoms with Crippen LogP contribution in [0.3, 0.4) is 0 Å². The summed E-state index contributed by atoms with van der Waals surface area (Å²) in [4.78, 5) is 17.1. The summed E-state index contributed by atoms with van der Waals surface area (Å²) in [5, 5.41) is 1.82. The number of hydroxylamine groups is 2. The van der Waals surface area contributed by atoms with Crippen LogP contribution < -0.4 is 0 Å². The van der Waals surface area contributed by atoms with Gasteiger partial charge in [0.25, 0.3) is 0 Å². The lowest BCUT2D eigenvalue weighted by molar-refractivity contribution is -0.0959. The van der Waals surface area contributed by atoms with Crippen molar-refractivity contribution < 1.29 is 9.63 Å². The van der Waals surface area contributed by atoms with E-state index in [0.717, 1.165) is 13.1 Å². The van der Waals surface area contributed by atoms with Crippen molar-refractivity contribution in [3.05, 3.63) is 35.9 Å². The summed E-state index contributed by atoms with van der Waals surface area (Å²) < 4.78 is 0. The molecule has 1 saturated carbocycles. The maximum Gasteiger partial charge on any atom is 0.357 e. The van der Waals surface area contributed by atoms with Gasteiger partial charge in [-0.2, -0.15) is 0 Å². The highest BCUT2D eigenvalue weighted by atomic mass is 16.7. The molecule has 2 fully saturated rings. The van der Waals surface area contributed by atoms with Crippen LogP contribution in [0.1, 0.15) is 29.6 Å². The third-order valence-corrected chi connectivity index (χ3v) is 3.58. The highest BCUT2D eigenvalue weighted by Crippen LogP contribution is 2.52. The summed E-state index contributed by atoms with van der Waals surface area (Å²) in [7, 11) is 0. The van der Waals surface area contributed by atoms with Gasteiger partial charge in [0.05, 0.1) is 5.56 Å². The zero-order chi connectivity index (χ0) is 11.0. The van der Waals surface area contributed by atoms with Crippen LogP contribution in [0.5, 0.6) is 0 Å². The second-order valence-electron chi connectivity index (χ2n) is 4.86. The van der Waals surface area contributed by atoms with Gasteiger partial charge in [-0.1, -0.05) is 18.2 Å². The molecule has 0 amide bonds. The summed E-state index contributed by atoms with van der Waals surface area (Å²) in [5.74, 6) is -0.238. The maximum atomic E-state index is 11.8. The van der Waals surface area contributed by atoms with Gasteiger partial charge in [-0.25, -0.2) is 4.79 Å². The molecule has 0 radical (unpaired) electrons. The highest BCUT2D eigenvalue weighted by molar-refractivity contribution is 5.89. The lowest BCUT2D eigenvalue weighted by Gasteiger charge is -2.15. The van der Waals surface area contributed by atoms with Crippen LogP contribution in [0.4, 0.5) is 0 Å². The quantitative estimate of drug-likeness (QED) is 0.761. The number of hydrogen-bond donors (Lipinski definition) is 0. The molecule has 1 spiro atoms. The second kappa shape index (κ2) is 3.59. The van der Waals surface area contributed by atoms with Gasteiger partial charge in [-0.05, 0) is 36.8 Å². The Morgan fingerprint density at radius 1 is 1.19 bits per heavy atom. The van der Waals surface area contributed by atoms with E-state index in [2.05, 4.69) is 0 Å². The molecule has 3 rings (SSSR count). The second-order valence-corrected chi connectivity index (χ2v) is 4.86. The van der Waals surface area contributed by atoms with Crippen molar-refractivity contribution in [3.8, 4) is 0 Å². The van der Waals surface area contributed by atoms with Crippen molar-refractivity contribution in [1.29, 1.82) is 0 Å². The van der Waals surface area contributed by atoms with Crippen molar-refractivity contribution in [2.24, 2.45) is 5.41 Å². The third-order valence-electron chi connectivity index (χ3n) is 3.58. The molecular weight excluding hydrogens is 202 g/mol. The first-order valence-electron chi connectivity index (χ1n) is 5.80. The third kappa shape index (κ3) is 1.83. The van der Waals surface area contributed by atoms with Crippen LogP contribution in [0.25, 0.3) is 0 Å². The molecule has 1 aliphatic carbocycles. The van der Waals surface area contributed by atoms with E-state index in [1.807, 2.05) is 23.3 Å². The van der Waals surface area contributed by atoms with Crippen LogP contribution in [0.15, 0.2) is 30.3 Å². The molecule has 0 N–H and O–H groups in total. The van der Waals surface area contributed by atoms with Crippen LogP contribution in [-0.2, 0) is 4.84 Å². The number of hydrogen-bond acceptors (Lipinski definition) is 3. The zero-order valence-corrected chi connectivity index (χ0v) is 9.19. The minimum atomic E-state index is -0.238. The zero-order valence-electron chi connectivity index (χ0n) is 9.19. The number of nitrogens with zero attached hydrogens (tertiary/aromatic N) is 1. The fourth-order valence-electron chi connectivity index (χ4n) is 2.30. The Morgan fingerprint density at radius 2 is 1.94 bits per heavy atom. The van der Waals surface area contributed by atoms with E-state index in [1.165, 1.54) is 19.3 Å². The Labute approximate surface area is 95.0 Å². The van der Waals surface area contributed by atoms with Crippen LogP contribution in [-0.4, -0.2) is 24.1 Å². The molecule has 0 atom stereocenters. The van der Waals surface area contributed by atoms with Crippen molar-refractivity contribution >= 4 is 5.97 Å². The highest BCUT2D eigenvalue weighted by Gasteiger charge is 2.48. The molecule has 0 bridgehead atoms. The summed E-state index contributed by atoms with van der Waals surface area (Å²) in [6, 6.07) is 9.16. The smallest absolute Gasteiger partial charge is 0.357 e. The van der Waals surface area contributed by atoms with E-state index in [1.54, 1.807) is 12.1 Å². The summed E-state index contributed by atoms with van der Waals surface area (Å²) in [5.41, 5.74) is 1.12. The predicted molar refractivity (Wildman–Crippen MR) is 59.7 cm³/mol. The molecule has 84 valence electrons. The van der Waals surface area contributed by atoms with E-state index in [0.29, 0.717) is 11.0 Å². The number of benzene rings is 1. The SMILES string of the molecule is O=C(ON1CCC2(CC2)C1)c1ccccc1. The molecule has 0 unspecified atom stereocenters. The lowest BCUT2D eigenvalue weighted by atomic mass is 10.1. The van der Waals surface area contributed by atoms with Gasteiger partial charge in [0, 0.05) is 13.1 Å². The van der Waals surface area contributed by atoms with E-state index in [4.69, 9.17) is 4.84 Å². The average molecular weight is 217 g/mol. The topological polar surface area (TPSA) is 29.5 Å². The summed E-state index contributed by atoms with van der Waals surface area (Å²) in [6.45, 7) is 1.81. The fourth-order valence-corrected chi connectivity index (χ4v) is 2.30. The molecule has 1 aliphatic heterocycles. The Bertz CT molecular complexity index is 398. The maximum absolute atomic E-state index is 11.8. The van der Waals surface area contributed by atoms with Gasteiger partial charge >= 0.3 is 5.97 Å². The van der Waals surface area contributed by atoms with E-state index in [9.17, 15) is 4.79 Å². The fraction of sp³-hybridized carbons (Fsp3) is 0.462. The molecule has 1 aromatic carbocycles. The summed E-state index contributed by atoms with van der Waals surface area (Å²) >= 11 is 0. The molecule has 16 heavy (non-hydrogen) atoms. The van der Waals surface area contributed by atoms with Crippen LogP contribution in [0.2, 0.25) is 0 Å². The van der Waals surface area contributed by atoms with Gasteiger partial charge in [-0.15, -0.1) is 5.06 Å². The molecular formula is C13H15NO2. The number of carbonyl (C=O) groups excluding carboxylic acids is 1. The van der Waals surface area contributed by atoms with Crippen molar-refractivity contribution in [3.63, 3.8) is 0 Å².